The minimum atomic E-state index is -1.12. The SMILES string of the molecule is CSC(C)CCNC(=O)NCCn1cc(C(=O)O)nn1. The number of carbonyl (C=O) groups excluding carboxylic acids is 1. The maximum atomic E-state index is 11.4. The summed E-state index contributed by atoms with van der Waals surface area (Å²) in [7, 11) is 0. The van der Waals surface area contributed by atoms with Gasteiger partial charge in [0.2, 0.25) is 0 Å². The third-order valence-electron chi connectivity index (χ3n) is 2.62. The maximum Gasteiger partial charge on any atom is 0.358 e. The Balaban J connectivity index is 2.16. The number of amides is 2. The van der Waals surface area contributed by atoms with Gasteiger partial charge in [-0.3, -0.25) is 0 Å². The van der Waals surface area contributed by atoms with Gasteiger partial charge in [0, 0.05) is 18.3 Å². The molecule has 1 aromatic rings. The zero-order chi connectivity index (χ0) is 15.0. The van der Waals surface area contributed by atoms with Crippen LogP contribution in [0.25, 0.3) is 0 Å². The monoisotopic (exact) mass is 301 g/mol. The van der Waals surface area contributed by atoms with Crippen LogP contribution in [0.15, 0.2) is 6.20 Å². The molecule has 1 aromatic heterocycles. The Labute approximate surface area is 121 Å². The highest BCUT2D eigenvalue weighted by molar-refractivity contribution is 7.99. The molecule has 1 atom stereocenters. The fourth-order valence-electron chi connectivity index (χ4n) is 1.36. The first kappa shape index (κ1) is 16.3. The first-order valence-electron chi connectivity index (χ1n) is 6.21. The molecule has 0 aliphatic rings. The van der Waals surface area contributed by atoms with Gasteiger partial charge in [0.05, 0.1) is 12.7 Å². The van der Waals surface area contributed by atoms with Crippen molar-refractivity contribution in [1.82, 2.24) is 25.6 Å². The van der Waals surface area contributed by atoms with Crippen LogP contribution in [0.3, 0.4) is 0 Å². The van der Waals surface area contributed by atoms with Crippen molar-refractivity contribution in [2.24, 2.45) is 0 Å². The van der Waals surface area contributed by atoms with E-state index in [1.807, 2.05) is 6.26 Å². The standard InChI is InChI=1S/C11H19N5O3S/c1-8(20-2)3-4-12-11(19)13-5-6-16-7-9(10(17)18)14-15-16/h7-8H,3-6H2,1-2H3,(H,17,18)(H2,12,13,19). The number of nitrogens with zero attached hydrogens (tertiary/aromatic N) is 3. The molecule has 2 amide bonds. The lowest BCUT2D eigenvalue weighted by molar-refractivity contribution is 0.0690. The van der Waals surface area contributed by atoms with Crippen molar-refractivity contribution in [3.63, 3.8) is 0 Å². The Kier molecular flexibility index (Phi) is 6.85. The molecule has 0 spiro atoms. The van der Waals surface area contributed by atoms with E-state index in [4.69, 9.17) is 5.11 Å². The molecular weight excluding hydrogens is 282 g/mol. The van der Waals surface area contributed by atoms with Gasteiger partial charge in [0.15, 0.2) is 5.69 Å². The summed E-state index contributed by atoms with van der Waals surface area (Å²) >= 11 is 1.76. The van der Waals surface area contributed by atoms with Crippen LogP contribution in [-0.2, 0) is 6.54 Å². The number of nitrogens with one attached hydrogen (secondary N) is 2. The summed E-state index contributed by atoms with van der Waals surface area (Å²) in [4.78, 5) is 22.0. The van der Waals surface area contributed by atoms with E-state index in [1.165, 1.54) is 10.9 Å². The van der Waals surface area contributed by atoms with Crippen LogP contribution in [-0.4, -0.2) is 56.7 Å². The molecule has 0 radical (unpaired) electrons. The number of rotatable bonds is 8. The predicted molar refractivity (Wildman–Crippen MR) is 76.0 cm³/mol. The Hall–Kier alpha value is -1.77. The van der Waals surface area contributed by atoms with E-state index in [1.54, 1.807) is 11.8 Å². The lowest BCUT2D eigenvalue weighted by atomic mass is 10.3. The van der Waals surface area contributed by atoms with Crippen LogP contribution in [0.4, 0.5) is 4.79 Å². The highest BCUT2D eigenvalue weighted by atomic mass is 32.2. The van der Waals surface area contributed by atoms with Crippen molar-refractivity contribution in [2.45, 2.75) is 25.1 Å². The number of carboxylic acids is 1. The molecule has 1 unspecified atom stereocenters. The molecule has 0 fully saturated rings. The van der Waals surface area contributed by atoms with Gasteiger partial charge >= 0.3 is 12.0 Å². The van der Waals surface area contributed by atoms with Crippen molar-refractivity contribution in [2.75, 3.05) is 19.3 Å². The zero-order valence-electron chi connectivity index (χ0n) is 11.5. The molecule has 20 heavy (non-hydrogen) atoms. The largest absolute Gasteiger partial charge is 0.476 e. The van der Waals surface area contributed by atoms with Crippen molar-refractivity contribution < 1.29 is 14.7 Å². The molecule has 1 rings (SSSR count). The number of hydrogen-bond donors (Lipinski definition) is 3. The Morgan fingerprint density at radius 3 is 2.75 bits per heavy atom. The van der Waals surface area contributed by atoms with Crippen molar-refractivity contribution in [3.05, 3.63) is 11.9 Å². The third kappa shape index (κ3) is 5.91. The number of thioether (sulfide) groups is 1. The summed E-state index contributed by atoms with van der Waals surface area (Å²) in [5.74, 6) is -1.12. The van der Waals surface area contributed by atoms with Crippen LogP contribution in [0.2, 0.25) is 0 Å². The second-order valence-electron chi connectivity index (χ2n) is 4.19. The van der Waals surface area contributed by atoms with Crippen LogP contribution in [0.1, 0.15) is 23.8 Å². The number of hydrogen-bond acceptors (Lipinski definition) is 5. The van der Waals surface area contributed by atoms with E-state index in [0.717, 1.165) is 6.42 Å². The van der Waals surface area contributed by atoms with E-state index >= 15 is 0 Å². The Morgan fingerprint density at radius 2 is 2.15 bits per heavy atom. The lowest BCUT2D eigenvalue weighted by Gasteiger charge is -2.10. The van der Waals surface area contributed by atoms with E-state index < -0.39 is 5.97 Å². The smallest absolute Gasteiger partial charge is 0.358 e. The molecular formula is C11H19N5O3S. The first-order valence-corrected chi connectivity index (χ1v) is 7.49. The molecule has 9 heteroatoms. The molecule has 8 nitrogen and oxygen atoms in total. The van der Waals surface area contributed by atoms with Gasteiger partial charge in [-0.15, -0.1) is 5.10 Å². The average molecular weight is 301 g/mol. The molecule has 112 valence electrons. The predicted octanol–water partition coefficient (Wildman–Crippen LogP) is 0.417. The molecule has 0 saturated carbocycles. The van der Waals surface area contributed by atoms with Gasteiger partial charge in [0.25, 0.3) is 0 Å². The summed E-state index contributed by atoms with van der Waals surface area (Å²) < 4.78 is 1.37. The van der Waals surface area contributed by atoms with E-state index in [2.05, 4.69) is 27.9 Å². The lowest BCUT2D eigenvalue weighted by Crippen LogP contribution is -2.38. The molecule has 0 bridgehead atoms. The zero-order valence-corrected chi connectivity index (χ0v) is 12.3. The van der Waals surface area contributed by atoms with E-state index in [9.17, 15) is 9.59 Å². The van der Waals surface area contributed by atoms with Crippen LogP contribution in [0, 0.1) is 0 Å². The topological polar surface area (TPSA) is 109 Å². The average Bonchev–Trinajstić information content (AvgIpc) is 2.87. The molecule has 0 aromatic carbocycles. The van der Waals surface area contributed by atoms with Crippen molar-refractivity contribution in [3.8, 4) is 0 Å². The first-order chi connectivity index (χ1) is 9.52. The van der Waals surface area contributed by atoms with Gasteiger partial charge in [-0.05, 0) is 12.7 Å². The number of urea groups is 1. The fraction of sp³-hybridized carbons (Fsp3) is 0.636. The van der Waals surface area contributed by atoms with Gasteiger partial charge in [-0.25, -0.2) is 14.3 Å². The highest BCUT2D eigenvalue weighted by Gasteiger charge is 2.08. The van der Waals surface area contributed by atoms with Gasteiger partial charge in [0.1, 0.15) is 0 Å². The van der Waals surface area contributed by atoms with Crippen LogP contribution < -0.4 is 10.6 Å². The number of aromatic carboxylic acids is 1. The van der Waals surface area contributed by atoms with E-state index in [-0.39, 0.29) is 11.7 Å². The molecule has 0 aliphatic carbocycles. The van der Waals surface area contributed by atoms with Gasteiger partial charge in [-0.2, -0.15) is 11.8 Å². The third-order valence-corrected chi connectivity index (χ3v) is 3.66. The highest BCUT2D eigenvalue weighted by Crippen LogP contribution is 2.07. The normalized spacial score (nSPS) is 11.9. The molecule has 3 N–H and O–H groups in total. The summed E-state index contributed by atoms with van der Waals surface area (Å²) in [5.41, 5.74) is -0.111. The maximum absolute atomic E-state index is 11.4. The molecule has 1 heterocycles. The fourth-order valence-corrected chi connectivity index (χ4v) is 1.71. The quantitative estimate of drug-likeness (QED) is 0.642. The number of carbonyl (C=O) groups is 2. The minimum absolute atomic E-state index is 0.111. The summed E-state index contributed by atoms with van der Waals surface area (Å²) in [6.45, 7) is 3.45. The minimum Gasteiger partial charge on any atom is -0.476 e. The number of aromatic nitrogens is 3. The second-order valence-corrected chi connectivity index (χ2v) is 5.47. The van der Waals surface area contributed by atoms with Crippen molar-refractivity contribution >= 4 is 23.8 Å². The summed E-state index contributed by atoms with van der Waals surface area (Å²) in [6.07, 6.45) is 4.27. The van der Waals surface area contributed by atoms with E-state index in [0.29, 0.717) is 24.9 Å². The summed E-state index contributed by atoms with van der Waals surface area (Å²) in [5, 5.41) is 21.7. The Morgan fingerprint density at radius 1 is 1.45 bits per heavy atom. The summed E-state index contributed by atoms with van der Waals surface area (Å²) in [6, 6.07) is -0.239. The van der Waals surface area contributed by atoms with Crippen molar-refractivity contribution in [1.29, 1.82) is 0 Å². The molecule has 0 saturated heterocycles. The second kappa shape index (κ2) is 8.41. The van der Waals surface area contributed by atoms with Crippen LogP contribution in [0.5, 0.6) is 0 Å². The molecule has 0 aliphatic heterocycles. The van der Waals surface area contributed by atoms with Gasteiger partial charge in [-0.1, -0.05) is 12.1 Å². The Bertz CT molecular complexity index is 451. The van der Waals surface area contributed by atoms with Gasteiger partial charge < -0.3 is 15.7 Å². The number of carboxylic acid groups (broad SMARTS) is 1. The van der Waals surface area contributed by atoms with Crippen LogP contribution >= 0.6 is 11.8 Å².